The van der Waals surface area contributed by atoms with Crippen LogP contribution in [0.2, 0.25) is 0 Å². The van der Waals surface area contributed by atoms with Crippen molar-refractivity contribution in [1.29, 1.82) is 0 Å². The molecule has 0 aliphatic heterocycles. The van der Waals surface area contributed by atoms with E-state index in [1.807, 2.05) is 0 Å². The first kappa shape index (κ1) is 22.4. The van der Waals surface area contributed by atoms with Gasteiger partial charge in [0, 0.05) is 0 Å². The van der Waals surface area contributed by atoms with Crippen LogP contribution >= 0.6 is 0 Å². The van der Waals surface area contributed by atoms with Crippen LogP contribution in [0.1, 0.15) is 28.7 Å². The van der Waals surface area contributed by atoms with Crippen LogP contribution in [0.5, 0.6) is 0 Å². The van der Waals surface area contributed by atoms with Gasteiger partial charge in [-0.3, -0.25) is 9.59 Å². The molecule has 0 N–H and O–H groups in total. The normalized spacial score (nSPS) is 6.17. The zero-order valence-corrected chi connectivity index (χ0v) is 5.34. The number of carbonyl (C=O) groups is 2. The lowest BCUT2D eigenvalue weighted by Crippen LogP contribution is -2.09. The lowest BCUT2D eigenvalue weighted by atomic mass is 10.4. The third-order valence-electron chi connectivity index (χ3n) is 0.744. The monoisotopic (exact) mass is 180 g/mol. The van der Waals surface area contributed by atoms with Gasteiger partial charge in [-0.15, -0.1) is 0 Å². The summed E-state index contributed by atoms with van der Waals surface area (Å²) in [5.41, 5.74) is 0. The zero-order chi connectivity index (χ0) is 7.28. The van der Waals surface area contributed by atoms with E-state index >= 15 is 0 Å². The Kier molecular flexibility index (Phi) is 23.6. The number of hydrogen-bond acceptors (Lipinski definition) is 4. The van der Waals surface area contributed by atoms with Crippen LogP contribution in [0.4, 0.5) is 0 Å². The number of ether oxygens (including phenoxy) is 2. The summed E-state index contributed by atoms with van der Waals surface area (Å²) in [5, 5.41) is 0. The van der Waals surface area contributed by atoms with Gasteiger partial charge in [-0.2, -0.15) is 0 Å². The maximum atomic E-state index is 10.3. The molecule has 0 spiro atoms. The van der Waals surface area contributed by atoms with Gasteiger partial charge < -0.3 is 9.47 Å². The molecule has 0 radical (unpaired) electrons. The van der Waals surface area contributed by atoms with Crippen molar-refractivity contribution in [1.82, 2.24) is 0 Å². The molecule has 0 amide bonds. The molecule has 0 aromatic carbocycles. The average Bonchev–Trinajstić information content (AvgIpc) is 1.87. The number of carbonyl (C=O) groups excluding carboxylic acids is 2. The number of hydrogen-bond donors (Lipinski definition) is 0. The standard InChI is InChI=1S/C5H8O4.3CH4/c1-8-4(6)3-5(7)9-2;;;/h3H2,1-2H3;3*1H4. The Hall–Kier alpha value is -1.06. The highest BCUT2D eigenvalue weighted by Gasteiger charge is 2.07. The van der Waals surface area contributed by atoms with Crippen molar-refractivity contribution >= 4 is 11.9 Å². The molecular formula is C8H20O4. The molecule has 4 heteroatoms. The van der Waals surface area contributed by atoms with Gasteiger partial charge in [-0.05, 0) is 0 Å². The zero-order valence-electron chi connectivity index (χ0n) is 5.34. The molecule has 0 aliphatic rings. The van der Waals surface area contributed by atoms with E-state index < -0.39 is 11.9 Å². The molecule has 0 rings (SSSR count). The molecule has 0 heterocycles. The first-order chi connectivity index (χ1) is 4.20. The van der Waals surface area contributed by atoms with Crippen LogP contribution in [0.25, 0.3) is 0 Å². The molecule has 0 saturated heterocycles. The Balaban J connectivity index is -0.000000107. The van der Waals surface area contributed by atoms with Crippen LogP contribution in [0, 0.1) is 0 Å². The third-order valence-corrected chi connectivity index (χ3v) is 0.744. The fraction of sp³-hybridized carbons (Fsp3) is 0.750. The molecule has 0 aromatic rings. The molecule has 0 aromatic heterocycles. The highest BCUT2D eigenvalue weighted by Crippen LogP contribution is 1.85. The van der Waals surface area contributed by atoms with Gasteiger partial charge in [0.15, 0.2) is 0 Å². The maximum Gasteiger partial charge on any atom is 0.316 e. The quantitative estimate of drug-likeness (QED) is 0.478. The summed E-state index contributed by atoms with van der Waals surface area (Å²) >= 11 is 0. The van der Waals surface area contributed by atoms with Gasteiger partial charge in [0.05, 0.1) is 14.2 Å². The Bertz CT molecular complexity index is 106. The number of esters is 2. The van der Waals surface area contributed by atoms with E-state index in [1.54, 1.807) is 0 Å². The Morgan fingerprint density at radius 1 is 0.917 bits per heavy atom. The Morgan fingerprint density at radius 3 is 1.33 bits per heavy atom. The molecule has 0 unspecified atom stereocenters. The minimum absolute atomic E-state index is 0. The summed E-state index contributed by atoms with van der Waals surface area (Å²) in [5.74, 6) is -1.16. The minimum atomic E-state index is -0.582. The molecule has 0 atom stereocenters. The molecule has 0 aliphatic carbocycles. The summed E-state index contributed by atoms with van der Waals surface area (Å²) in [6.07, 6.45) is -0.312. The van der Waals surface area contributed by atoms with Crippen molar-refractivity contribution in [2.45, 2.75) is 28.7 Å². The molecule has 4 nitrogen and oxygen atoms in total. The van der Waals surface area contributed by atoms with E-state index in [-0.39, 0.29) is 28.7 Å². The van der Waals surface area contributed by atoms with Gasteiger partial charge in [0.1, 0.15) is 6.42 Å². The largest absolute Gasteiger partial charge is 0.469 e. The van der Waals surface area contributed by atoms with Crippen molar-refractivity contribution in [2.75, 3.05) is 14.2 Å². The number of methoxy groups -OCH3 is 2. The van der Waals surface area contributed by atoms with Crippen LogP contribution < -0.4 is 0 Å². The van der Waals surface area contributed by atoms with E-state index in [0.717, 1.165) is 0 Å². The van der Waals surface area contributed by atoms with Gasteiger partial charge in [-0.25, -0.2) is 0 Å². The first-order valence-corrected chi connectivity index (χ1v) is 2.34. The van der Waals surface area contributed by atoms with Gasteiger partial charge in [0.2, 0.25) is 0 Å². The Labute approximate surface area is 74.9 Å². The summed E-state index contributed by atoms with van der Waals surface area (Å²) in [4.78, 5) is 20.5. The van der Waals surface area contributed by atoms with Crippen LogP contribution in [0.3, 0.4) is 0 Å². The van der Waals surface area contributed by atoms with Gasteiger partial charge in [0.25, 0.3) is 0 Å². The topological polar surface area (TPSA) is 52.6 Å². The van der Waals surface area contributed by atoms with E-state index in [1.165, 1.54) is 14.2 Å². The lowest BCUT2D eigenvalue weighted by Gasteiger charge is -1.95. The van der Waals surface area contributed by atoms with Gasteiger partial charge >= 0.3 is 11.9 Å². The minimum Gasteiger partial charge on any atom is -0.469 e. The molecular weight excluding hydrogens is 160 g/mol. The molecule has 0 bridgehead atoms. The molecule has 0 fully saturated rings. The second-order valence-corrected chi connectivity index (χ2v) is 1.33. The lowest BCUT2D eigenvalue weighted by molar-refractivity contribution is -0.151. The summed E-state index contributed by atoms with van der Waals surface area (Å²) in [6.45, 7) is 0. The van der Waals surface area contributed by atoms with E-state index in [9.17, 15) is 9.59 Å². The summed E-state index contributed by atoms with van der Waals surface area (Å²) < 4.78 is 8.37. The fourth-order valence-corrected chi connectivity index (χ4v) is 0.262. The summed E-state index contributed by atoms with van der Waals surface area (Å²) in [7, 11) is 2.43. The van der Waals surface area contributed by atoms with Crippen molar-refractivity contribution in [3.8, 4) is 0 Å². The van der Waals surface area contributed by atoms with Gasteiger partial charge in [-0.1, -0.05) is 22.3 Å². The fourth-order valence-electron chi connectivity index (χ4n) is 0.262. The molecule has 76 valence electrons. The first-order valence-electron chi connectivity index (χ1n) is 2.34. The van der Waals surface area contributed by atoms with Crippen molar-refractivity contribution in [3.05, 3.63) is 0 Å². The predicted octanol–water partition coefficient (Wildman–Crippen LogP) is 1.63. The van der Waals surface area contributed by atoms with Crippen LogP contribution in [-0.4, -0.2) is 26.2 Å². The van der Waals surface area contributed by atoms with Crippen molar-refractivity contribution in [3.63, 3.8) is 0 Å². The Morgan fingerprint density at radius 2 is 1.17 bits per heavy atom. The van der Waals surface area contributed by atoms with E-state index in [2.05, 4.69) is 9.47 Å². The highest BCUT2D eigenvalue weighted by molar-refractivity contribution is 5.90. The number of rotatable bonds is 2. The van der Waals surface area contributed by atoms with E-state index in [0.29, 0.717) is 0 Å². The highest BCUT2D eigenvalue weighted by atomic mass is 16.5. The van der Waals surface area contributed by atoms with Crippen molar-refractivity contribution < 1.29 is 19.1 Å². The van der Waals surface area contributed by atoms with Crippen molar-refractivity contribution in [2.24, 2.45) is 0 Å². The maximum absolute atomic E-state index is 10.3. The van der Waals surface area contributed by atoms with Crippen LogP contribution in [0.15, 0.2) is 0 Å². The van der Waals surface area contributed by atoms with E-state index in [4.69, 9.17) is 0 Å². The SMILES string of the molecule is C.C.C.COC(=O)CC(=O)OC. The van der Waals surface area contributed by atoms with Crippen LogP contribution in [-0.2, 0) is 19.1 Å². The summed E-state index contributed by atoms with van der Waals surface area (Å²) in [6, 6.07) is 0. The predicted molar refractivity (Wildman–Crippen MR) is 48.8 cm³/mol. The average molecular weight is 180 g/mol. The molecule has 12 heavy (non-hydrogen) atoms. The second kappa shape index (κ2) is 12.6. The smallest absolute Gasteiger partial charge is 0.316 e. The molecule has 0 saturated carbocycles. The third kappa shape index (κ3) is 11.7. The second-order valence-electron chi connectivity index (χ2n) is 1.33.